The summed E-state index contributed by atoms with van der Waals surface area (Å²) in [6.07, 6.45) is 0.679. The molecular formula is C14H12BrCl2N. The highest BCUT2D eigenvalue weighted by atomic mass is 79.9. The van der Waals surface area contributed by atoms with Gasteiger partial charge in [-0.05, 0) is 41.8 Å². The molecule has 0 aromatic heterocycles. The number of benzene rings is 2. The molecule has 0 amide bonds. The molecule has 94 valence electrons. The van der Waals surface area contributed by atoms with Gasteiger partial charge in [0.25, 0.3) is 0 Å². The molecule has 2 aromatic carbocycles. The molecular weight excluding hydrogens is 333 g/mol. The fourth-order valence-corrected chi connectivity index (χ4v) is 2.74. The van der Waals surface area contributed by atoms with Gasteiger partial charge in [-0.2, -0.15) is 0 Å². The minimum atomic E-state index is -0.141. The van der Waals surface area contributed by atoms with E-state index in [9.17, 15) is 0 Å². The van der Waals surface area contributed by atoms with E-state index in [1.54, 1.807) is 0 Å². The van der Waals surface area contributed by atoms with E-state index >= 15 is 0 Å². The molecule has 2 rings (SSSR count). The second-order valence-corrected chi connectivity index (χ2v) is 5.77. The van der Waals surface area contributed by atoms with E-state index in [0.29, 0.717) is 11.4 Å². The van der Waals surface area contributed by atoms with Crippen LogP contribution < -0.4 is 5.73 Å². The number of rotatable bonds is 3. The van der Waals surface area contributed by atoms with E-state index in [0.717, 1.165) is 20.6 Å². The van der Waals surface area contributed by atoms with Gasteiger partial charge in [0, 0.05) is 20.6 Å². The summed E-state index contributed by atoms with van der Waals surface area (Å²) < 4.78 is 0.964. The van der Waals surface area contributed by atoms with Crippen molar-refractivity contribution >= 4 is 39.1 Å². The fraction of sp³-hybridized carbons (Fsp3) is 0.143. The van der Waals surface area contributed by atoms with E-state index in [1.807, 2.05) is 42.5 Å². The Morgan fingerprint density at radius 1 is 1.11 bits per heavy atom. The lowest BCUT2D eigenvalue weighted by Gasteiger charge is -2.15. The topological polar surface area (TPSA) is 26.0 Å². The van der Waals surface area contributed by atoms with Crippen molar-refractivity contribution in [3.05, 3.63) is 68.1 Å². The smallest absolute Gasteiger partial charge is 0.0438 e. The molecule has 4 heteroatoms. The summed E-state index contributed by atoms with van der Waals surface area (Å²) in [6, 6.07) is 13.2. The lowest BCUT2D eigenvalue weighted by Crippen LogP contribution is -2.14. The van der Waals surface area contributed by atoms with Crippen LogP contribution in [0.15, 0.2) is 46.9 Å². The summed E-state index contributed by atoms with van der Waals surface area (Å²) in [5.41, 5.74) is 8.25. The van der Waals surface area contributed by atoms with Gasteiger partial charge in [-0.15, -0.1) is 0 Å². The summed E-state index contributed by atoms with van der Waals surface area (Å²) in [7, 11) is 0. The van der Waals surface area contributed by atoms with Gasteiger partial charge in [0.15, 0.2) is 0 Å². The van der Waals surface area contributed by atoms with Crippen LogP contribution in [-0.2, 0) is 6.42 Å². The van der Waals surface area contributed by atoms with Crippen LogP contribution in [0.5, 0.6) is 0 Å². The summed E-state index contributed by atoms with van der Waals surface area (Å²) in [5.74, 6) is 0. The Bertz CT molecular complexity index is 557. The van der Waals surface area contributed by atoms with Crippen LogP contribution in [-0.4, -0.2) is 0 Å². The first-order valence-corrected chi connectivity index (χ1v) is 7.07. The van der Waals surface area contributed by atoms with E-state index in [-0.39, 0.29) is 6.04 Å². The van der Waals surface area contributed by atoms with E-state index in [4.69, 9.17) is 28.9 Å². The summed E-state index contributed by atoms with van der Waals surface area (Å²) in [4.78, 5) is 0. The number of halogens is 3. The van der Waals surface area contributed by atoms with E-state index < -0.39 is 0 Å². The van der Waals surface area contributed by atoms with Crippen LogP contribution in [0, 0.1) is 0 Å². The fourth-order valence-electron chi connectivity index (χ4n) is 1.81. The van der Waals surface area contributed by atoms with Crippen molar-refractivity contribution in [1.29, 1.82) is 0 Å². The third kappa shape index (κ3) is 3.27. The highest BCUT2D eigenvalue weighted by molar-refractivity contribution is 9.10. The molecule has 1 unspecified atom stereocenters. The molecule has 1 nitrogen and oxygen atoms in total. The molecule has 18 heavy (non-hydrogen) atoms. The van der Waals surface area contributed by atoms with Crippen LogP contribution in [0.3, 0.4) is 0 Å². The van der Waals surface area contributed by atoms with Crippen molar-refractivity contribution in [2.45, 2.75) is 12.5 Å². The third-order valence-electron chi connectivity index (χ3n) is 2.76. The van der Waals surface area contributed by atoms with Crippen LogP contribution in [0.2, 0.25) is 10.0 Å². The zero-order valence-electron chi connectivity index (χ0n) is 9.54. The number of nitrogens with two attached hydrogens (primary N) is 1. The molecule has 2 N–H and O–H groups in total. The lowest BCUT2D eigenvalue weighted by molar-refractivity contribution is 0.718. The standard InChI is InChI=1S/C14H12BrCl2N/c15-12-6-5-10(16)8-11(12)14(18)7-9-3-1-2-4-13(9)17/h1-6,8,14H,7,18H2. The quantitative estimate of drug-likeness (QED) is 0.833. The molecule has 0 heterocycles. The Hall–Kier alpha value is -0.540. The normalized spacial score (nSPS) is 12.4. The van der Waals surface area contributed by atoms with Gasteiger partial charge in [-0.25, -0.2) is 0 Å². The van der Waals surface area contributed by atoms with Crippen molar-refractivity contribution in [2.24, 2.45) is 5.73 Å². The average molecular weight is 345 g/mol. The molecule has 0 fully saturated rings. The molecule has 0 saturated carbocycles. The van der Waals surface area contributed by atoms with Gasteiger partial charge in [-0.1, -0.05) is 57.3 Å². The first-order valence-electron chi connectivity index (χ1n) is 5.52. The minimum absolute atomic E-state index is 0.141. The maximum absolute atomic E-state index is 6.22. The molecule has 0 aliphatic carbocycles. The second-order valence-electron chi connectivity index (χ2n) is 4.07. The van der Waals surface area contributed by atoms with Gasteiger partial charge in [-0.3, -0.25) is 0 Å². The van der Waals surface area contributed by atoms with Gasteiger partial charge in [0.2, 0.25) is 0 Å². The zero-order valence-corrected chi connectivity index (χ0v) is 12.6. The van der Waals surface area contributed by atoms with Crippen molar-refractivity contribution in [1.82, 2.24) is 0 Å². The van der Waals surface area contributed by atoms with Crippen molar-refractivity contribution in [3.8, 4) is 0 Å². The first-order chi connectivity index (χ1) is 8.58. The minimum Gasteiger partial charge on any atom is -0.324 e. The lowest BCUT2D eigenvalue weighted by atomic mass is 10.00. The number of hydrogen-bond donors (Lipinski definition) is 1. The average Bonchev–Trinajstić information content (AvgIpc) is 2.35. The zero-order chi connectivity index (χ0) is 13.1. The maximum Gasteiger partial charge on any atom is 0.0438 e. The summed E-state index contributed by atoms with van der Waals surface area (Å²) in [5, 5.41) is 1.42. The van der Waals surface area contributed by atoms with Gasteiger partial charge in [0.1, 0.15) is 0 Å². The Morgan fingerprint density at radius 3 is 2.56 bits per heavy atom. The summed E-state index contributed by atoms with van der Waals surface area (Å²) in [6.45, 7) is 0. The van der Waals surface area contributed by atoms with E-state index in [1.165, 1.54) is 0 Å². The molecule has 0 saturated heterocycles. The van der Waals surface area contributed by atoms with Crippen LogP contribution in [0.4, 0.5) is 0 Å². The molecule has 0 spiro atoms. The third-order valence-corrected chi connectivity index (χ3v) is 4.08. The molecule has 0 bridgehead atoms. The van der Waals surface area contributed by atoms with Gasteiger partial charge >= 0.3 is 0 Å². The predicted octanol–water partition coefficient (Wildman–Crippen LogP) is 5.00. The van der Waals surface area contributed by atoms with Gasteiger partial charge in [0.05, 0.1) is 0 Å². The maximum atomic E-state index is 6.22. The largest absolute Gasteiger partial charge is 0.324 e. The highest BCUT2D eigenvalue weighted by Crippen LogP contribution is 2.29. The van der Waals surface area contributed by atoms with Crippen molar-refractivity contribution in [2.75, 3.05) is 0 Å². The first kappa shape index (κ1) is 13.9. The van der Waals surface area contributed by atoms with Crippen molar-refractivity contribution < 1.29 is 0 Å². The second kappa shape index (κ2) is 6.07. The Kier molecular flexibility index (Phi) is 4.68. The van der Waals surface area contributed by atoms with Gasteiger partial charge < -0.3 is 5.73 Å². The molecule has 0 aliphatic rings. The number of hydrogen-bond acceptors (Lipinski definition) is 1. The SMILES string of the molecule is NC(Cc1ccccc1Cl)c1cc(Cl)ccc1Br. The molecule has 0 radical (unpaired) electrons. The monoisotopic (exact) mass is 343 g/mol. The predicted molar refractivity (Wildman–Crippen MR) is 81.2 cm³/mol. The van der Waals surface area contributed by atoms with Crippen LogP contribution >= 0.6 is 39.1 Å². The molecule has 2 aromatic rings. The molecule has 1 atom stereocenters. The Balaban J connectivity index is 2.25. The summed E-state index contributed by atoms with van der Waals surface area (Å²) >= 11 is 15.6. The van der Waals surface area contributed by atoms with Crippen molar-refractivity contribution in [3.63, 3.8) is 0 Å². The van der Waals surface area contributed by atoms with Crippen LogP contribution in [0.1, 0.15) is 17.2 Å². The van der Waals surface area contributed by atoms with E-state index in [2.05, 4.69) is 15.9 Å². The molecule has 0 aliphatic heterocycles. The van der Waals surface area contributed by atoms with Crippen LogP contribution in [0.25, 0.3) is 0 Å². The Labute approximate surface area is 125 Å². The highest BCUT2D eigenvalue weighted by Gasteiger charge is 2.12. The Morgan fingerprint density at radius 2 is 1.83 bits per heavy atom.